The average Bonchev–Trinajstić information content (AvgIpc) is 3.11. The molecule has 1 saturated heterocycles. The molecule has 0 aromatic heterocycles. The van der Waals surface area contributed by atoms with E-state index in [9.17, 15) is 30.0 Å². The summed E-state index contributed by atoms with van der Waals surface area (Å²) in [6, 6.07) is 0. The molecule has 1 aliphatic rings. The highest BCUT2D eigenvalue weighted by atomic mass is 16.7. The highest BCUT2D eigenvalue weighted by Gasteiger charge is 2.44. The minimum Gasteiger partial charge on any atom is -0.462 e. The van der Waals surface area contributed by atoms with E-state index in [0.29, 0.717) is 12.8 Å². The molecular weight excluding hydrogens is 640 g/mol. The molecule has 1 fully saturated rings. The minimum atomic E-state index is -1.59. The molecule has 1 heterocycles. The Morgan fingerprint density at radius 1 is 0.600 bits per heavy atom. The second-order valence-electron chi connectivity index (χ2n) is 14.1. The molecule has 10 nitrogen and oxygen atoms in total. The number of ether oxygens (including phenoxy) is 4. The van der Waals surface area contributed by atoms with Crippen LogP contribution in [0.25, 0.3) is 0 Å². The Labute approximate surface area is 303 Å². The quantitative estimate of drug-likeness (QED) is 0.0304. The van der Waals surface area contributed by atoms with Gasteiger partial charge in [0.1, 0.15) is 31.0 Å². The molecule has 0 aliphatic carbocycles. The van der Waals surface area contributed by atoms with Gasteiger partial charge in [0.15, 0.2) is 12.4 Å². The zero-order valence-electron chi connectivity index (χ0n) is 31.7. The molecule has 10 heteroatoms. The zero-order valence-corrected chi connectivity index (χ0v) is 31.7. The maximum atomic E-state index is 12.7. The lowest BCUT2D eigenvalue weighted by Gasteiger charge is -2.39. The van der Waals surface area contributed by atoms with Crippen molar-refractivity contribution < 1.29 is 49.0 Å². The van der Waals surface area contributed by atoms with Crippen molar-refractivity contribution in [3.8, 4) is 0 Å². The number of aliphatic hydroxyl groups is 4. The van der Waals surface area contributed by atoms with E-state index < -0.39 is 49.4 Å². The number of aliphatic hydroxyl groups excluding tert-OH is 4. The van der Waals surface area contributed by atoms with Crippen LogP contribution in [0, 0.1) is 0 Å². The number of allylic oxidation sites excluding steroid dienone is 2. The van der Waals surface area contributed by atoms with Gasteiger partial charge >= 0.3 is 11.9 Å². The Bertz CT molecular complexity index is 835. The van der Waals surface area contributed by atoms with E-state index in [1.807, 2.05) is 0 Å². The fraction of sp³-hybridized carbons (Fsp3) is 0.900. The van der Waals surface area contributed by atoms with E-state index in [4.69, 9.17) is 18.9 Å². The lowest BCUT2D eigenvalue weighted by molar-refractivity contribution is -0.305. The van der Waals surface area contributed by atoms with Crippen molar-refractivity contribution in [1.29, 1.82) is 0 Å². The maximum absolute atomic E-state index is 12.7. The molecule has 2 unspecified atom stereocenters. The first-order valence-electron chi connectivity index (χ1n) is 20.3. The molecule has 6 atom stereocenters. The second-order valence-corrected chi connectivity index (χ2v) is 14.1. The highest BCUT2D eigenvalue weighted by molar-refractivity contribution is 5.70. The molecule has 0 radical (unpaired) electrons. The minimum absolute atomic E-state index is 0.221. The molecule has 0 bridgehead atoms. The van der Waals surface area contributed by atoms with Crippen LogP contribution in [-0.2, 0) is 28.5 Å². The Hall–Kier alpha value is -1.56. The topological polar surface area (TPSA) is 152 Å². The van der Waals surface area contributed by atoms with Gasteiger partial charge in [0.2, 0.25) is 0 Å². The number of carbonyl (C=O) groups is 2. The second kappa shape index (κ2) is 32.1. The van der Waals surface area contributed by atoms with Crippen molar-refractivity contribution >= 4 is 11.9 Å². The van der Waals surface area contributed by atoms with Crippen molar-refractivity contribution in [1.82, 2.24) is 0 Å². The zero-order chi connectivity index (χ0) is 36.7. The van der Waals surface area contributed by atoms with Crippen molar-refractivity contribution in [2.45, 2.75) is 211 Å². The maximum Gasteiger partial charge on any atom is 0.306 e. The summed E-state index contributed by atoms with van der Waals surface area (Å²) in [6.07, 6.45) is 23.7. The Morgan fingerprint density at radius 2 is 1.06 bits per heavy atom. The predicted octanol–water partition coefficient (Wildman–Crippen LogP) is 7.61. The van der Waals surface area contributed by atoms with Gasteiger partial charge in [0.25, 0.3) is 0 Å². The molecule has 294 valence electrons. The summed E-state index contributed by atoms with van der Waals surface area (Å²) in [7, 11) is 0. The van der Waals surface area contributed by atoms with Crippen LogP contribution < -0.4 is 0 Å². The van der Waals surface area contributed by atoms with Crippen LogP contribution in [-0.4, -0.2) is 89.0 Å². The summed E-state index contributed by atoms with van der Waals surface area (Å²) >= 11 is 0. The van der Waals surface area contributed by atoms with Crippen molar-refractivity contribution in [3.63, 3.8) is 0 Å². The van der Waals surface area contributed by atoms with Gasteiger partial charge in [-0.15, -0.1) is 0 Å². The van der Waals surface area contributed by atoms with Crippen LogP contribution >= 0.6 is 0 Å². The van der Waals surface area contributed by atoms with E-state index in [1.165, 1.54) is 89.9 Å². The fourth-order valence-corrected chi connectivity index (χ4v) is 6.12. The third-order valence-electron chi connectivity index (χ3n) is 9.40. The standard InChI is InChI=1S/C40H74O10/c1-3-5-7-9-11-13-15-16-17-18-19-21-22-24-26-28-35(42)47-31-33(32-48-40-39(46)38(45)37(44)34(30-41)50-40)49-36(43)29-27-25-23-20-14-12-10-8-6-4-2/h18-19,33-34,37-41,44-46H,3-17,20-32H2,1-2H3/b19-18+/t33-,34-,37+,38?,39?,40-/m0/s1. The molecule has 0 amide bonds. The van der Waals surface area contributed by atoms with Gasteiger partial charge in [-0.3, -0.25) is 9.59 Å². The van der Waals surface area contributed by atoms with Crippen LogP contribution in [0.5, 0.6) is 0 Å². The summed E-state index contributed by atoms with van der Waals surface area (Å²) in [4.78, 5) is 25.1. The summed E-state index contributed by atoms with van der Waals surface area (Å²) in [5, 5.41) is 39.9. The van der Waals surface area contributed by atoms with Gasteiger partial charge in [-0.25, -0.2) is 0 Å². The van der Waals surface area contributed by atoms with Gasteiger partial charge < -0.3 is 39.4 Å². The number of hydrogen-bond acceptors (Lipinski definition) is 10. The number of rotatable bonds is 33. The Balaban J connectivity index is 2.37. The summed E-state index contributed by atoms with van der Waals surface area (Å²) in [5.74, 6) is -0.822. The first-order chi connectivity index (χ1) is 24.3. The average molecular weight is 715 g/mol. The SMILES string of the molecule is CCCCCCCCCC/C=C/CCCCCC(=O)OC[C@@H](CO[C@H]1O[C@@H](CO)[C@@H](O)C(O)C1O)OC(=O)CCCCCCCCCCCC. The van der Waals surface area contributed by atoms with Crippen molar-refractivity contribution in [2.75, 3.05) is 19.8 Å². The lowest BCUT2D eigenvalue weighted by Crippen LogP contribution is -2.59. The van der Waals surface area contributed by atoms with Gasteiger partial charge in [0.05, 0.1) is 13.2 Å². The summed E-state index contributed by atoms with van der Waals surface area (Å²) in [5.41, 5.74) is 0. The Morgan fingerprint density at radius 3 is 1.58 bits per heavy atom. The van der Waals surface area contributed by atoms with Crippen LogP contribution in [0.3, 0.4) is 0 Å². The Kier molecular flexibility index (Phi) is 29.8. The summed E-state index contributed by atoms with van der Waals surface area (Å²) < 4.78 is 22.0. The third-order valence-corrected chi connectivity index (χ3v) is 9.40. The van der Waals surface area contributed by atoms with E-state index in [1.54, 1.807) is 0 Å². The number of hydrogen-bond donors (Lipinski definition) is 4. The fourth-order valence-electron chi connectivity index (χ4n) is 6.12. The monoisotopic (exact) mass is 715 g/mol. The smallest absolute Gasteiger partial charge is 0.306 e. The number of unbranched alkanes of at least 4 members (excludes halogenated alkanes) is 20. The molecule has 0 saturated carbocycles. The van der Waals surface area contributed by atoms with E-state index in [-0.39, 0.29) is 32.0 Å². The van der Waals surface area contributed by atoms with Crippen LogP contribution in [0.15, 0.2) is 12.2 Å². The molecule has 0 aromatic rings. The van der Waals surface area contributed by atoms with Crippen molar-refractivity contribution in [2.24, 2.45) is 0 Å². The van der Waals surface area contributed by atoms with Crippen LogP contribution in [0.4, 0.5) is 0 Å². The third kappa shape index (κ3) is 23.8. The number of esters is 2. The van der Waals surface area contributed by atoms with E-state index in [2.05, 4.69) is 26.0 Å². The van der Waals surface area contributed by atoms with Gasteiger partial charge in [-0.1, -0.05) is 135 Å². The predicted molar refractivity (Wildman–Crippen MR) is 196 cm³/mol. The molecule has 4 N–H and O–H groups in total. The molecular formula is C40H74O10. The van der Waals surface area contributed by atoms with Gasteiger partial charge in [0, 0.05) is 12.8 Å². The summed E-state index contributed by atoms with van der Waals surface area (Å²) in [6.45, 7) is 3.38. The number of carbonyl (C=O) groups excluding carboxylic acids is 2. The molecule has 0 aromatic carbocycles. The van der Waals surface area contributed by atoms with Gasteiger partial charge in [-0.2, -0.15) is 0 Å². The molecule has 1 rings (SSSR count). The van der Waals surface area contributed by atoms with Crippen LogP contribution in [0.1, 0.15) is 174 Å². The largest absolute Gasteiger partial charge is 0.462 e. The highest BCUT2D eigenvalue weighted by Crippen LogP contribution is 2.22. The first-order valence-corrected chi connectivity index (χ1v) is 20.3. The van der Waals surface area contributed by atoms with E-state index in [0.717, 1.165) is 44.9 Å². The molecule has 1 aliphatic heterocycles. The van der Waals surface area contributed by atoms with E-state index >= 15 is 0 Å². The molecule has 50 heavy (non-hydrogen) atoms. The van der Waals surface area contributed by atoms with Crippen molar-refractivity contribution in [3.05, 3.63) is 12.2 Å². The normalized spacial score (nSPS) is 21.4. The van der Waals surface area contributed by atoms with Gasteiger partial charge in [-0.05, 0) is 38.5 Å². The first kappa shape index (κ1) is 46.5. The van der Waals surface area contributed by atoms with Crippen LogP contribution in [0.2, 0.25) is 0 Å². The molecule has 0 spiro atoms. The lowest BCUT2D eigenvalue weighted by atomic mass is 9.99.